The van der Waals surface area contributed by atoms with Crippen LogP contribution in [-0.4, -0.2) is 5.91 Å². The molecule has 1 N–H and O–H groups in total. The van der Waals surface area contributed by atoms with Gasteiger partial charge in [0, 0.05) is 11.6 Å². The first-order valence-corrected chi connectivity index (χ1v) is 7.23. The minimum Gasteiger partial charge on any atom is -0.325 e. The highest BCUT2D eigenvalue weighted by Gasteiger charge is 2.33. The largest absolute Gasteiger partial charge is 0.325 e. The average Bonchev–Trinajstić information content (AvgIpc) is 2.55. The average molecular weight is 288 g/mol. The molecule has 2 aromatic rings. The Kier molecular flexibility index (Phi) is 3.76. The fourth-order valence-corrected chi connectivity index (χ4v) is 2.69. The summed E-state index contributed by atoms with van der Waals surface area (Å²) in [6.07, 6.45) is 1.98. The van der Waals surface area contributed by atoms with Crippen LogP contribution in [0.3, 0.4) is 0 Å². The standard InChI is InChI=1S/C19H16N2O/c1-13-7-9-14(10-8-13)16-11-18(15-5-3-2-4-6-15)21-19(22)17(16)12-20/h2-11,16-17H,1H3,(H,21,22)/t16-,17-/m0/s1. The third-order valence-electron chi connectivity index (χ3n) is 3.93. The van der Waals surface area contributed by atoms with Gasteiger partial charge in [-0.1, -0.05) is 66.2 Å². The lowest BCUT2D eigenvalue weighted by atomic mass is 9.82. The number of carbonyl (C=O) groups excluding carboxylic acids is 1. The monoisotopic (exact) mass is 288 g/mol. The van der Waals surface area contributed by atoms with Crippen LogP contribution in [0.5, 0.6) is 0 Å². The second kappa shape index (κ2) is 5.87. The summed E-state index contributed by atoms with van der Waals surface area (Å²) in [6.45, 7) is 2.02. The first kappa shape index (κ1) is 14.1. The number of rotatable bonds is 2. The lowest BCUT2D eigenvalue weighted by molar-refractivity contribution is -0.122. The molecule has 1 amide bonds. The zero-order chi connectivity index (χ0) is 15.5. The van der Waals surface area contributed by atoms with E-state index in [-0.39, 0.29) is 11.8 Å². The molecular formula is C19H16N2O. The van der Waals surface area contributed by atoms with Gasteiger partial charge >= 0.3 is 0 Å². The van der Waals surface area contributed by atoms with Crippen LogP contribution in [0.1, 0.15) is 22.6 Å². The van der Waals surface area contributed by atoms with Gasteiger partial charge in [-0.3, -0.25) is 4.79 Å². The van der Waals surface area contributed by atoms with Gasteiger partial charge in [-0.05, 0) is 18.1 Å². The molecule has 3 nitrogen and oxygen atoms in total. The predicted molar refractivity (Wildman–Crippen MR) is 85.6 cm³/mol. The molecule has 0 radical (unpaired) electrons. The Labute approximate surface area is 129 Å². The number of nitrogens with zero attached hydrogens (tertiary/aromatic N) is 1. The van der Waals surface area contributed by atoms with E-state index in [1.807, 2.05) is 67.6 Å². The molecule has 22 heavy (non-hydrogen) atoms. The second-order valence-electron chi connectivity index (χ2n) is 5.48. The van der Waals surface area contributed by atoms with Gasteiger partial charge in [0.05, 0.1) is 6.07 Å². The minimum atomic E-state index is -0.699. The molecule has 3 heteroatoms. The van der Waals surface area contributed by atoms with Crippen LogP contribution in [0.15, 0.2) is 60.7 Å². The zero-order valence-corrected chi connectivity index (χ0v) is 12.3. The normalized spacial score (nSPS) is 20.7. The predicted octanol–water partition coefficient (Wildman–Crippen LogP) is 3.39. The van der Waals surface area contributed by atoms with Gasteiger partial charge in [0.2, 0.25) is 5.91 Å². The molecule has 0 fully saturated rings. The van der Waals surface area contributed by atoms with Crippen molar-refractivity contribution in [1.29, 1.82) is 5.26 Å². The summed E-state index contributed by atoms with van der Waals surface area (Å²) in [5, 5.41) is 12.2. The highest BCUT2D eigenvalue weighted by molar-refractivity contribution is 5.93. The van der Waals surface area contributed by atoms with Crippen LogP contribution in [0.2, 0.25) is 0 Å². The number of hydrogen-bond acceptors (Lipinski definition) is 2. The zero-order valence-electron chi connectivity index (χ0n) is 12.3. The Morgan fingerprint density at radius 3 is 2.36 bits per heavy atom. The van der Waals surface area contributed by atoms with Crippen molar-refractivity contribution in [3.8, 4) is 6.07 Å². The Morgan fingerprint density at radius 2 is 1.73 bits per heavy atom. The third-order valence-corrected chi connectivity index (χ3v) is 3.93. The van der Waals surface area contributed by atoms with Gasteiger partial charge in [0.15, 0.2) is 0 Å². The fourth-order valence-electron chi connectivity index (χ4n) is 2.69. The molecule has 0 spiro atoms. The maximum atomic E-state index is 12.3. The Bertz CT molecular complexity index is 754. The number of nitrogens with one attached hydrogen (secondary N) is 1. The molecule has 0 saturated carbocycles. The first-order chi connectivity index (χ1) is 10.7. The van der Waals surface area contributed by atoms with Crippen LogP contribution in [0.4, 0.5) is 0 Å². The molecule has 2 aromatic carbocycles. The van der Waals surface area contributed by atoms with Gasteiger partial charge in [-0.2, -0.15) is 5.26 Å². The van der Waals surface area contributed by atoms with Gasteiger partial charge in [0.25, 0.3) is 0 Å². The van der Waals surface area contributed by atoms with Crippen LogP contribution < -0.4 is 5.32 Å². The molecular weight excluding hydrogens is 272 g/mol. The summed E-state index contributed by atoms with van der Waals surface area (Å²) in [5.74, 6) is -1.17. The van der Waals surface area contributed by atoms with E-state index in [4.69, 9.17) is 0 Å². The van der Waals surface area contributed by atoms with E-state index < -0.39 is 5.92 Å². The number of hydrogen-bond donors (Lipinski definition) is 1. The fraction of sp³-hybridized carbons (Fsp3) is 0.158. The van der Waals surface area contributed by atoms with E-state index in [0.717, 1.165) is 22.4 Å². The molecule has 0 aromatic heterocycles. The van der Waals surface area contributed by atoms with Crippen molar-refractivity contribution >= 4 is 11.6 Å². The number of amides is 1. The molecule has 3 rings (SSSR count). The molecule has 0 saturated heterocycles. The summed E-state index contributed by atoms with van der Waals surface area (Å²) < 4.78 is 0. The van der Waals surface area contributed by atoms with E-state index in [0.29, 0.717) is 0 Å². The smallest absolute Gasteiger partial charge is 0.242 e. The maximum absolute atomic E-state index is 12.3. The van der Waals surface area contributed by atoms with Crippen LogP contribution >= 0.6 is 0 Å². The summed E-state index contributed by atoms with van der Waals surface area (Å²) in [4.78, 5) is 12.3. The molecule has 1 aliphatic heterocycles. The van der Waals surface area contributed by atoms with Gasteiger partial charge in [0.1, 0.15) is 5.92 Å². The van der Waals surface area contributed by atoms with E-state index in [2.05, 4.69) is 11.4 Å². The van der Waals surface area contributed by atoms with E-state index in [1.165, 1.54) is 0 Å². The molecule has 0 unspecified atom stereocenters. The van der Waals surface area contributed by atoms with Crippen molar-refractivity contribution in [2.24, 2.45) is 5.92 Å². The summed E-state index contributed by atoms with van der Waals surface area (Å²) in [5.41, 5.74) is 3.86. The van der Waals surface area contributed by atoms with E-state index >= 15 is 0 Å². The number of benzene rings is 2. The summed E-state index contributed by atoms with van der Waals surface area (Å²) >= 11 is 0. The number of aryl methyl sites for hydroxylation is 1. The Hall–Kier alpha value is -2.86. The van der Waals surface area contributed by atoms with E-state index in [9.17, 15) is 10.1 Å². The Morgan fingerprint density at radius 1 is 1.05 bits per heavy atom. The third kappa shape index (κ3) is 2.64. The van der Waals surface area contributed by atoms with Crippen molar-refractivity contribution in [2.45, 2.75) is 12.8 Å². The maximum Gasteiger partial charge on any atom is 0.242 e. The van der Waals surface area contributed by atoms with Crippen molar-refractivity contribution in [3.63, 3.8) is 0 Å². The Balaban J connectivity index is 2.05. The van der Waals surface area contributed by atoms with Crippen molar-refractivity contribution in [3.05, 3.63) is 77.4 Å². The first-order valence-electron chi connectivity index (χ1n) is 7.23. The van der Waals surface area contributed by atoms with Gasteiger partial charge in [-0.15, -0.1) is 0 Å². The lowest BCUT2D eigenvalue weighted by Crippen LogP contribution is -2.36. The van der Waals surface area contributed by atoms with Gasteiger partial charge < -0.3 is 5.32 Å². The minimum absolute atomic E-state index is 0.227. The van der Waals surface area contributed by atoms with Crippen LogP contribution in [-0.2, 0) is 4.79 Å². The van der Waals surface area contributed by atoms with Crippen LogP contribution in [0.25, 0.3) is 5.70 Å². The quantitative estimate of drug-likeness (QED) is 0.921. The molecule has 108 valence electrons. The summed E-state index contributed by atoms with van der Waals surface area (Å²) in [6, 6.07) is 19.8. The lowest BCUT2D eigenvalue weighted by Gasteiger charge is -2.26. The highest BCUT2D eigenvalue weighted by Crippen LogP contribution is 2.33. The van der Waals surface area contributed by atoms with Crippen molar-refractivity contribution < 1.29 is 4.79 Å². The number of carbonyl (C=O) groups is 1. The molecule has 0 aliphatic carbocycles. The second-order valence-corrected chi connectivity index (χ2v) is 5.48. The summed E-state index contributed by atoms with van der Waals surface area (Å²) in [7, 11) is 0. The molecule has 2 atom stereocenters. The highest BCUT2D eigenvalue weighted by atomic mass is 16.2. The van der Waals surface area contributed by atoms with E-state index in [1.54, 1.807) is 0 Å². The molecule has 1 heterocycles. The molecule has 0 bridgehead atoms. The van der Waals surface area contributed by atoms with Crippen molar-refractivity contribution in [1.82, 2.24) is 5.32 Å². The number of nitriles is 1. The van der Waals surface area contributed by atoms with Crippen molar-refractivity contribution in [2.75, 3.05) is 0 Å². The number of allylic oxidation sites excluding steroid dienone is 1. The SMILES string of the molecule is Cc1ccc([C@@H]2C=C(c3ccccc3)NC(=O)[C@H]2C#N)cc1. The van der Waals surface area contributed by atoms with Crippen LogP contribution in [0, 0.1) is 24.2 Å². The topological polar surface area (TPSA) is 52.9 Å². The molecule has 1 aliphatic rings. The van der Waals surface area contributed by atoms with Gasteiger partial charge in [-0.25, -0.2) is 0 Å².